The molecule has 4 nitrogen and oxygen atoms in total. The summed E-state index contributed by atoms with van der Waals surface area (Å²) in [6.07, 6.45) is 1.94. The third kappa shape index (κ3) is 2.95. The standard InChI is InChI=1S/C18H20N4S/c19-17-11-22(10-16(17)13-4-2-1-3-5-13)9-15-8-20-21-18(15)14-6-7-23-12-14/h1-8,12,16-17H,9-11,19H2,(H,20,21)/t16-,17+/m0/s1. The fourth-order valence-corrected chi connectivity index (χ4v) is 4.07. The van der Waals surface area contributed by atoms with Crippen molar-refractivity contribution in [1.82, 2.24) is 15.1 Å². The van der Waals surface area contributed by atoms with E-state index >= 15 is 0 Å². The molecule has 0 aliphatic carbocycles. The van der Waals surface area contributed by atoms with Crippen LogP contribution in [0.25, 0.3) is 11.3 Å². The van der Waals surface area contributed by atoms with Crippen molar-refractivity contribution in [3.63, 3.8) is 0 Å². The molecule has 3 aromatic rings. The maximum absolute atomic E-state index is 6.40. The first-order valence-corrected chi connectivity index (χ1v) is 8.83. The van der Waals surface area contributed by atoms with Crippen LogP contribution in [0.3, 0.4) is 0 Å². The number of H-pyrrole nitrogens is 1. The Morgan fingerprint density at radius 1 is 1.22 bits per heavy atom. The van der Waals surface area contributed by atoms with E-state index in [2.05, 4.69) is 62.3 Å². The van der Waals surface area contributed by atoms with Gasteiger partial charge in [-0.2, -0.15) is 16.4 Å². The van der Waals surface area contributed by atoms with Crippen molar-refractivity contribution in [1.29, 1.82) is 0 Å². The van der Waals surface area contributed by atoms with Crippen LogP contribution in [0.5, 0.6) is 0 Å². The van der Waals surface area contributed by atoms with Gasteiger partial charge < -0.3 is 5.73 Å². The zero-order valence-corrected chi connectivity index (χ0v) is 13.7. The average Bonchev–Trinajstić information content (AvgIpc) is 3.29. The molecule has 0 radical (unpaired) electrons. The predicted molar refractivity (Wildman–Crippen MR) is 94.3 cm³/mol. The molecule has 0 bridgehead atoms. The Morgan fingerprint density at radius 3 is 2.87 bits per heavy atom. The number of likely N-dealkylation sites (tertiary alicyclic amines) is 1. The summed E-state index contributed by atoms with van der Waals surface area (Å²) in [7, 11) is 0. The number of hydrogen-bond donors (Lipinski definition) is 2. The molecule has 3 N–H and O–H groups in total. The molecule has 0 unspecified atom stereocenters. The van der Waals surface area contributed by atoms with E-state index in [0.717, 1.165) is 25.3 Å². The lowest BCUT2D eigenvalue weighted by molar-refractivity contribution is 0.324. The highest BCUT2D eigenvalue weighted by atomic mass is 32.1. The molecule has 4 rings (SSSR count). The second-order valence-electron chi connectivity index (χ2n) is 6.16. The van der Waals surface area contributed by atoms with Gasteiger partial charge in [-0.05, 0) is 17.0 Å². The minimum absolute atomic E-state index is 0.189. The van der Waals surface area contributed by atoms with Crippen molar-refractivity contribution in [3.8, 4) is 11.3 Å². The highest BCUT2D eigenvalue weighted by molar-refractivity contribution is 7.08. The third-order valence-corrected chi connectivity index (χ3v) is 5.27. The summed E-state index contributed by atoms with van der Waals surface area (Å²) < 4.78 is 0. The van der Waals surface area contributed by atoms with Crippen molar-refractivity contribution in [2.24, 2.45) is 5.73 Å². The minimum atomic E-state index is 0.189. The van der Waals surface area contributed by atoms with Gasteiger partial charge in [0.1, 0.15) is 0 Å². The van der Waals surface area contributed by atoms with Crippen molar-refractivity contribution in [3.05, 3.63) is 64.5 Å². The van der Waals surface area contributed by atoms with E-state index in [9.17, 15) is 0 Å². The second-order valence-corrected chi connectivity index (χ2v) is 6.94. The normalized spacial score (nSPS) is 21.8. The maximum Gasteiger partial charge on any atom is 0.0703 e. The van der Waals surface area contributed by atoms with Crippen LogP contribution < -0.4 is 5.73 Å². The van der Waals surface area contributed by atoms with Crippen LogP contribution in [0.4, 0.5) is 0 Å². The molecule has 1 aromatic carbocycles. The first-order valence-electron chi connectivity index (χ1n) is 7.89. The van der Waals surface area contributed by atoms with Gasteiger partial charge in [0, 0.05) is 48.1 Å². The van der Waals surface area contributed by atoms with Crippen LogP contribution in [0.15, 0.2) is 53.4 Å². The van der Waals surface area contributed by atoms with Gasteiger partial charge in [-0.1, -0.05) is 30.3 Å². The Kier molecular flexibility index (Phi) is 3.99. The number of nitrogens with two attached hydrogens (primary N) is 1. The molecule has 1 fully saturated rings. The van der Waals surface area contributed by atoms with E-state index in [1.165, 1.54) is 16.7 Å². The third-order valence-electron chi connectivity index (χ3n) is 4.59. The Balaban J connectivity index is 1.50. The molecule has 0 amide bonds. The van der Waals surface area contributed by atoms with Crippen LogP contribution in [0.1, 0.15) is 17.0 Å². The lowest BCUT2D eigenvalue weighted by atomic mass is 9.95. The Labute approximate surface area is 140 Å². The monoisotopic (exact) mass is 324 g/mol. The van der Waals surface area contributed by atoms with E-state index in [4.69, 9.17) is 5.73 Å². The maximum atomic E-state index is 6.40. The van der Waals surface area contributed by atoms with Crippen LogP contribution in [0, 0.1) is 0 Å². The topological polar surface area (TPSA) is 57.9 Å². The largest absolute Gasteiger partial charge is 0.326 e. The van der Waals surface area contributed by atoms with Gasteiger partial charge in [0.2, 0.25) is 0 Å². The molecule has 23 heavy (non-hydrogen) atoms. The van der Waals surface area contributed by atoms with Crippen LogP contribution in [-0.2, 0) is 6.54 Å². The molecule has 2 atom stereocenters. The molecule has 3 heterocycles. The zero-order valence-electron chi connectivity index (χ0n) is 12.9. The lowest BCUT2D eigenvalue weighted by Crippen LogP contribution is -2.28. The van der Waals surface area contributed by atoms with Gasteiger partial charge in [0.15, 0.2) is 0 Å². The number of aromatic amines is 1. The van der Waals surface area contributed by atoms with Crippen LogP contribution in [-0.4, -0.2) is 34.2 Å². The summed E-state index contributed by atoms with van der Waals surface area (Å²) >= 11 is 1.71. The summed E-state index contributed by atoms with van der Waals surface area (Å²) in [5, 5.41) is 11.6. The first kappa shape index (κ1) is 14.6. The Morgan fingerprint density at radius 2 is 2.09 bits per heavy atom. The van der Waals surface area contributed by atoms with E-state index in [1.54, 1.807) is 11.3 Å². The summed E-state index contributed by atoms with van der Waals surface area (Å²) in [5.41, 5.74) is 11.3. The zero-order chi connectivity index (χ0) is 15.6. The number of nitrogens with one attached hydrogen (secondary N) is 1. The molecule has 5 heteroatoms. The number of thiophene rings is 1. The number of rotatable bonds is 4. The minimum Gasteiger partial charge on any atom is -0.326 e. The van der Waals surface area contributed by atoms with Gasteiger partial charge in [-0.15, -0.1) is 0 Å². The smallest absolute Gasteiger partial charge is 0.0703 e. The molecule has 0 saturated carbocycles. The molecule has 1 saturated heterocycles. The molecule has 1 aliphatic rings. The summed E-state index contributed by atoms with van der Waals surface area (Å²) in [6.45, 7) is 2.81. The van der Waals surface area contributed by atoms with Gasteiger partial charge >= 0.3 is 0 Å². The average molecular weight is 324 g/mol. The second kappa shape index (κ2) is 6.28. The molecular weight excluding hydrogens is 304 g/mol. The quantitative estimate of drug-likeness (QED) is 0.775. The van der Waals surface area contributed by atoms with Crippen molar-refractivity contribution >= 4 is 11.3 Å². The first-order chi connectivity index (χ1) is 11.3. The molecule has 2 aromatic heterocycles. The molecule has 118 valence electrons. The Bertz CT molecular complexity index is 750. The van der Waals surface area contributed by atoms with Gasteiger partial charge in [0.05, 0.1) is 11.9 Å². The number of nitrogens with zero attached hydrogens (tertiary/aromatic N) is 2. The van der Waals surface area contributed by atoms with E-state index < -0.39 is 0 Å². The fraction of sp³-hybridized carbons (Fsp3) is 0.278. The highest BCUT2D eigenvalue weighted by Gasteiger charge is 2.31. The van der Waals surface area contributed by atoms with Crippen molar-refractivity contribution < 1.29 is 0 Å². The van der Waals surface area contributed by atoms with Crippen molar-refractivity contribution in [2.45, 2.75) is 18.5 Å². The highest BCUT2D eigenvalue weighted by Crippen LogP contribution is 2.29. The summed E-state index contributed by atoms with van der Waals surface area (Å²) in [5.74, 6) is 0.410. The predicted octanol–water partition coefficient (Wildman–Crippen LogP) is 3.06. The van der Waals surface area contributed by atoms with Crippen molar-refractivity contribution in [2.75, 3.05) is 13.1 Å². The summed E-state index contributed by atoms with van der Waals surface area (Å²) in [6, 6.07) is 12.9. The number of aromatic nitrogens is 2. The van der Waals surface area contributed by atoms with Gasteiger partial charge in [0.25, 0.3) is 0 Å². The van der Waals surface area contributed by atoms with E-state index in [1.807, 2.05) is 6.20 Å². The van der Waals surface area contributed by atoms with E-state index in [0.29, 0.717) is 5.92 Å². The number of hydrogen-bond acceptors (Lipinski definition) is 4. The van der Waals surface area contributed by atoms with Crippen LogP contribution >= 0.6 is 11.3 Å². The summed E-state index contributed by atoms with van der Waals surface area (Å²) in [4.78, 5) is 2.43. The molecule has 1 aliphatic heterocycles. The fourth-order valence-electron chi connectivity index (χ4n) is 3.42. The lowest BCUT2D eigenvalue weighted by Gasteiger charge is -2.16. The van der Waals surface area contributed by atoms with E-state index in [-0.39, 0.29) is 6.04 Å². The molecule has 0 spiro atoms. The molecular formula is C18H20N4S. The van der Waals surface area contributed by atoms with Gasteiger partial charge in [-0.3, -0.25) is 10.00 Å². The Hall–Kier alpha value is -1.95. The van der Waals surface area contributed by atoms with Gasteiger partial charge in [-0.25, -0.2) is 0 Å². The SMILES string of the molecule is N[C@@H]1CN(Cc2cn[nH]c2-c2ccsc2)C[C@H]1c1ccccc1. The number of benzene rings is 1. The van der Waals surface area contributed by atoms with Crippen LogP contribution in [0.2, 0.25) is 0 Å².